The molecule has 0 heterocycles. The maximum Gasteiger partial charge on any atom is 1.00 e. The van der Waals surface area contributed by atoms with E-state index in [9.17, 15) is 5.11 Å². The first kappa shape index (κ1) is 24.7. The van der Waals surface area contributed by atoms with Gasteiger partial charge in [0.15, 0.2) is 0 Å². The third-order valence-corrected chi connectivity index (χ3v) is 7.42. The van der Waals surface area contributed by atoms with Crippen LogP contribution in [0.2, 0.25) is 0 Å². The predicted octanol–water partition coefficient (Wildman–Crippen LogP) is 1.32. The van der Waals surface area contributed by atoms with Crippen LogP contribution in [-0.4, -0.2) is 11.2 Å². The number of aliphatic hydroxyl groups excluding tert-OH is 1. The van der Waals surface area contributed by atoms with Crippen LogP contribution < -0.4 is 57.3 Å². The third kappa shape index (κ3) is 4.63. The van der Waals surface area contributed by atoms with E-state index in [2.05, 4.69) is 42.9 Å². The van der Waals surface area contributed by atoms with Crippen LogP contribution in [0.1, 0.15) is 58.8 Å². The smallest absolute Gasteiger partial charge is 0.529 e. The third-order valence-electron chi connectivity index (χ3n) is 7.42. The summed E-state index contributed by atoms with van der Waals surface area (Å²) in [6, 6.07) is 0. The molecule has 136 valence electrons. The standard InChI is InChI=1S/C19H28O.K.H3N2O.W/c1-18-9-3-4-16(18)15-6-5-13-12-14(20)7-11-19(13,2)17(15)8-10-18;;1-3-2;/h3,9,12,14-17,20H,4-8,10-11H2,1-2H3;;1H,2H2;/q;+1;-1;/t14-,15?,16?,17?,18+,19+;;;/m1.../s1. The van der Waals surface area contributed by atoms with Gasteiger partial charge < -0.3 is 15.9 Å². The number of hydrogen-bond donors (Lipinski definition) is 2. The zero-order valence-electron chi connectivity index (χ0n) is 15.8. The maximum absolute atomic E-state index is 9.96. The summed E-state index contributed by atoms with van der Waals surface area (Å²) in [5, 5.41) is 9.96. The maximum atomic E-state index is 9.96. The second-order valence-electron chi connectivity index (χ2n) is 8.43. The van der Waals surface area contributed by atoms with E-state index in [1.165, 1.54) is 38.5 Å². The van der Waals surface area contributed by atoms with Gasteiger partial charge in [0.2, 0.25) is 0 Å². The van der Waals surface area contributed by atoms with Gasteiger partial charge in [-0.05, 0) is 73.5 Å². The average Bonchev–Trinajstić information content (AvgIpc) is 2.90. The fourth-order valence-electron chi connectivity index (χ4n) is 6.19. The average molecular weight is 542 g/mol. The topological polar surface area (TPSA) is 79.3 Å². The van der Waals surface area contributed by atoms with E-state index >= 15 is 0 Å². The van der Waals surface area contributed by atoms with Crippen molar-refractivity contribution in [2.24, 2.45) is 34.5 Å². The van der Waals surface area contributed by atoms with Crippen molar-refractivity contribution in [1.29, 1.82) is 0 Å². The van der Waals surface area contributed by atoms with Crippen molar-refractivity contribution in [3.05, 3.63) is 29.7 Å². The molecule has 4 aliphatic carbocycles. The summed E-state index contributed by atoms with van der Waals surface area (Å²) in [6.45, 7) is 5.00. The van der Waals surface area contributed by atoms with E-state index < -0.39 is 0 Å². The van der Waals surface area contributed by atoms with E-state index in [1.54, 1.807) is 5.57 Å². The minimum absolute atomic E-state index is 0. The molecule has 0 bridgehead atoms. The van der Waals surface area contributed by atoms with Crippen molar-refractivity contribution >= 4 is 0 Å². The minimum atomic E-state index is -0.170. The summed E-state index contributed by atoms with van der Waals surface area (Å²) >= 11 is 0. The van der Waals surface area contributed by atoms with Crippen molar-refractivity contribution in [1.82, 2.24) is 0 Å². The van der Waals surface area contributed by atoms with Crippen LogP contribution in [0.25, 0.3) is 5.90 Å². The number of nitrogens with one attached hydrogen (secondary N) is 1. The molecule has 0 radical (unpaired) electrons. The normalized spacial score (nSPS) is 43.8. The molecule has 0 aromatic rings. The Kier molecular flexibility index (Phi) is 9.78. The molecule has 4 rings (SSSR count). The number of allylic oxidation sites excluding steroid dienone is 3. The fraction of sp³-hybridized carbons (Fsp3) is 0.789. The number of fused-ring (bicyclic) bond motifs is 5. The van der Waals surface area contributed by atoms with Crippen molar-refractivity contribution < 1.29 is 82.5 Å². The van der Waals surface area contributed by atoms with Crippen LogP contribution in [0, 0.1) is 28.6 Å². The van der Waals surface area contributed by atoms with Crippen LogP contribution in [0.15, 0.2) is 23.8 Å². The Balaban J connectivity index is 0.000000586. The Hall–Kier alpha value is 1.64. The van der Waals surface area contributed by atoms with E-state index in [4.69, 9.17) is 5.90 Å². The molecule has 25 heavy (non-hydrogen) atoms. The molecule has 0 saturated heterocycles. The van der Waals surface area contributed by atoms with Crippen LogP contribution in [-0.2, 0) is 26.0 Å². The molecule has 0 aliphatic heterocycles. The number of hydrogen-bond acceptors (Lipinski definition) is 3. The quantitative estimate of drug-likeness (QED) is 0.276. The Morgan fingerprint density at radius 1 is 1.20 bits per heavy atom. The Morgan fingerprint density at radius 2 is 1.88 bits per heavy atom. The molecule has 2 fully saturated rings. The van der Waals surface area contributed by atoms with Gasteiger partial charge in [0.05, 0.1) is 6.10 Å². The molecule has 4 nitrogen and oxygen atoms in total. The number of nitrogens with two attached hydrogens (primary N) is 1. The first-order valence-corrected chi connectivity index (χ1v) is 9.04. The van der Waals surface area contributed by atoms with Gasteiger partial charge in [-0.1, -0.05) is 37.6 Å². The molecule has 4 N–H and O–H groups in total. The molecule has 0 amide bonds. The summed E-state index contributed by atoms with van der Waals surface area (Å²) < 4.78 is 0. The molecule has 3 unspecified atom stereocenters. The minimum Gasteiger partial charge on any atom is -0.529 e. The second kappa shape index (κ2) is 9.91. The molecule has 0 spiro atoms. The number of aliphatic hydroxyl groups is 1. The Labute approximate surface area is 209 Å². The Morgan fingerprint density at radius 3 is 2.56 bits per heavy atom. The summed E-state index contributed by atoms with van der Waals surface area (Å²) in [7, 11) is 0. The molecule has 0 aromatic heterocycles. The van der Waals surface area contributed by atoms with E-state index in [-0.39, 0.29) is 78.6 Å². The van der Waals surface area contributed by atoms with Gasteiger partial charge in [0.25, 0.3) is 0 Å². The first-order valence-electron chi connectivity index (χ1n) is 9.04. The summed E-state index contributed by atoms with van der Waals surface area (Å²) in [6.07, 6.45) is 15.9. The van der Waals surface area contributed by atoms with Crippen molar-refractivity contribution in [3.8, 4) is 0 Å². The van der Waals surface area contributed by atoms with Crippen LogP contribution in [0.3, 0.4) is 0 Å². The van der Waals surface area contributed by atoms with E-state index in [0.29, 0.717) is 10.8 Å². The fourth-order valence-corrected chi connectivity index (χ4v) is 6.19. The molecular formula is C19H31KN2O2W. The van der Waals surface area contributed by atoms with Gasteiger partial charge in [-0.15, -0.1) is 0 Å². The van der Waals surface area contributed by atoms with Crippen molar-refractivity contribution in [2.75, 3.05) is 0 Å². The largest absolute Gasteiger partial charge is 1.00 e. The second-order valence-corrected chi connectivity index (χ2v) is 8.43. The van der Waals surface area contributed by atoms with Crippen LogP contribution >= 0.6 is 0 Å². The molecule has 6 atom stereocenters. The van der Waals surface area contributed by atoms with Crippen molar-refractivity contribution in [3.63, 3.8) is 0 Å². The van der Waals surface area contributed by atoms with Gasteiger partial charge in [-0.2, -0.15) is 0 Å². The molecular weight excluding hydrogens is 511 g/mol. The van der Waals surface area contributed by atoms with Gasteiger partial charge in [0.1, 0.15) is 0 Å². The zero-order valence-corrected chi connectivity index (χ0v) is 21.9. The SMILES string of the molecule is C[C@@]12C=CCC1C1CCC3=C[C@H](O)CC[C@]3(C)C1CC2.[K+].[NH-]ON.[W]. The van der Waals surface area contributed by atoms with E-state index in [1.807, 2.05) is 0 Å². The van der Waals surface area contributed by atoms with Crippen LogP contribution in [0.5, 0.6) is 0 Å². The summed E-state index contributed by atoms with van der Waals surface area (Å²) in [5.41, 5.74) is 2.48. The Bertz CT molecular complexity index is 516. The number of rotatable bonds is 0. The summed E-state index contributed by atoms with van der Waals surface area (Å²) in [4.78, 5) is 3.00. The molecule has 0 aromatic carbocycles. The van der Waals surface area contributed by atoms with Gasteiger partial charge in [-0.25, -0.2) is 5.90 Å². The first-order chi connectivity index (χ1) is 10.9. The predicted molar refractivity (Wildman–Crippen MR) is 91.8 cm³/mol. The van der Waals surface area contributed by atoms with Gasteiger partial charge in [-0.3, -0.25) is 0 Å². The molecule has 2 saturated carbocycles. The molecule has 6 heteroatoms. The monoisotopic (exact) mass is 542 g/mol. The van der Waals surface area contributed by atoms with Crippen molar-refractivity contribution in [2.45, 2.75) is 64.9 Å². The van der Waals surface area contributed by atoms with Gasteiger partial charge in [0, 0.05) is 21.1 Å². The van der Waals surface area contributed by atoms with E-state index in [0.717, 1.165) is 24.2 Å². The zero-order chi connectivity index (χ0) is 16.7. The molecule has 4 aliphatic rings. The van der Waals surface area contributed by atoms with Crippen LogP contribution in [0.4, 0.5) is 0 Å². The van der Waals surface area contributed by atoms with Gasteiger partial charge >= 0.3 is 51.4 Å². The summed E-state index contributed by atoms with van der Waals surface area (Å²) in [5.74, 6) is 12.2.